The monoisotopic (exact) mass is 151 g/mol. The Labute approximate surface area is 59.9 Å². The van der Waals surface area contributed by atoms with Gasteiger partial charge in [0.1, 0.15) is 0 Å². The second-order valence-corrected chi connectivity index (χ2v) is 0.994. The van der Waals surface area contributed by atoms with Crippen LogP contribution in [0.1, 0.15) is 0 Å². The number of methoxy groups -OCH3 is 1. The molecular weight excluding hydrogens is 146 g/mol. The number of thiol groups is 1. The molecule has 0 rings (SSSR count). The van der Waals surface area contributed by atoms with Gasteiger partial charge in [-0.15, -0.1) is 12.4 Å². The molecule has 0 aliphatic carbocycles. The highest BCUT2D eigenvalue weighted by molar-refractivity contribution is 7.85. The van der Waals surface area contributed by atoms with Gasteiger partial charge < -0.3 is 4.74 Å². The average molecular weight is 152 g/mol. The molecule has 2 nitrogen and oxygen atoms in total. The first-order valence-corrected chi connectivity index (χ1v) is 2.03. The molecule has 0 amide bonds. The van der Waals surface area contributed by atoms with Crippen molar-refractivity contribution < 1.29 is 4.74 Å². The van der Waals surface area contributed by atoms with E-state index < -0.39 is 0 Å². The lowest BCUT2D eigenvalue weighted by Crippen LogP contribution is -1.91. The van der Waals surface area contributed by atoms with Crippen LogP contribution in [0.3, 0.4) is 0 Å². The van der Waals surface area contributed by atoms with E-state index in [1.165, 1.54) is 7.11 Å². The Kier molecular flexibility index (Phi) is 8.85. The maximum atomic E-state index is 6.69. The summed E-state index contributed by atoms with van der Waals surface area (Å²) in [5, 5.41) is 8.91. The summed E-state index contributed by atoms with van der Waals surface area (Å²) in [4.78, 5) is 0. The van der Waals surface area contributed by atoms with Crippen LogP contribution in [-0.4, -0.2) is 13.0 Å². The van der Waals surface area contributed by atoms with Crippen molar-refractivity contribution in [2.45, 2.75) is 0 Å². The predicted molar refractivity (Wildman–Crippen MR) is 38.7 cm³/mol. The van der Waals surface area contributed by atoms with E-state index in [-0.39, 0.29) is 18.3 Å². The Balaban J connectivity index is 0. The van der Waals surface area contributed by atoms with Gasteiger partial charge in [-0.05, 0) is 5.25 Å². The van der Waals surface area contributed by atoms with Crippen LogP contribution in [0.25, 0.3) is 0 Å². The second-order valence-electron chi connectivity index (χ2n) is 0.770. The first kappa shape index (κ1) is 10.6. The third-order valence-electron chi connectivity index (χ3n) is 0.374. The van der Waals surface area contributed by atoms with Crippen LogP contribution >= 0.6 is 25.0 Å². The topological polar surface area (TPSA) is 33.1 Å². The van der Waals surface area contributed by atoms with Gasteiger partial charge in [-0.1, -0.05) is 12.6 Å². The van der Waals surface area contributed by atoms with E-state index in [4.69, 9.17) is 5.41 Å². The Hall–Kier alpha value is -0.330. The van der Waals surface area contributed by atoms with Gasteiger partial charge in [-0.3, -0.25) is 5.41 Å². The fourth-order valence-corrected chi connectivity index (χ4v) is 0.203. The molecule has 0 fully saturated rings. The number of halogens is 1. The molecule has 0 aliphatic heterocycles. The van der Waals surface area contributed by atoms with Crippen LogP contribution < -0.4 is 0 Å². The van der Waals surface area contributed by atoms with Gasteiger partial charge in [0, 0.05) is 5.92 Å². The third kappa shape index (κ3) is 5.67. The lowest BCUT2D eigenvalue weighted by atomic mass is 10.7. The van der Waals surface area contributed by atoms with Crippen LogP contribution in [0.2, 0.25) is 0 Å². The minimum absolute atomic E-state index is 0. The third-order valence-corrected chi connectivity index (χ3v) is 0.485. The van der Waals surface area contributed by atoms with Gasteiger partial charge >= 0.3 is 0 Å². The molecule has 46 valence electrons. The predicted octanol–water partition coefficient (Wildman–Crippen LogP) is 0.923. The highest BCUT2D eigenvalue weighted by atomic mass is 35.5. The smallest absolute Gasteiger partial charge is 0.261 e. The number of rotatable bonds is 0. The molecule has 0 radical (unpaired) electrons. The van der Waals surface area contributed by atoms with E-state index in [1.807, 2.05) is 0 Å². The summed E-state index contributed by atoms with van der Waals surface area (Å²) in [6.45, 7) is 0. The molecule has 0 saturated carbocycles. The summed E-state index contributed by atoms with van der Waals surface area (Å²) >= 11 is 3.53. The summed E-state index contributed by atoms with van der Waals surface area (Å²) in [6.07, 6.45) is 0. The lowest BCUT2D eigenvalue weighted by Gasteiger charge is -1.85. The van der Waals surface area contributed by atoms with Crippen LogP contribution in [0.4, 0.5) is 0 Å². The zero-order valence-electron chi connectivity index (χ0n) is 4.26. The van der Waals surface area contributed by atoms with Crippen LogP contribution in [0.15, 0.2) is 0 Å². The Morgan fingerprint density at radius 3 is 2.38 bits per heavy atom. The summed E-state index contributed by atoms with van der Waals surface area (Å²) in [5.41, 5.74) is 0. The van der Waals surface area contributed by atoms with Gasteiger partial charge in [0.2, 0.25) is 0 Å². The first-order valence-electron chi connectivity index (χ1n) is 1.59. The largest absolute Gasteiger partial charge is 0.475 e. The SMILES string of the molecule is COC(=N)C#CS.Cl. The van der Waals surface area contributed by atoms with E-state index in [0.717, 1.165) is 0 Å². The van der Waals surface area contributed by atoms with E-state index in [0.29, 0.717) is 0 Å². The fraction of sp³-hybridized carbons (Fsp3) is 0.250. The molecule has 0 aromatic carbocycles. The molecule has 4 heteroatoms. The van der Waals surface area contributed by atoms with Gasteiger partial charge in [0.25, 0.3) is 5.90 Å². The molecule has 0 aliphatic rings. The Bertz CT molecular complexity index is 126. The molecule has 0 heterocycles. The van der Waals surface area contributed by atoms with E-state index in [2.05, 4.69) is 28.5 Å². The van der Waals surface area contributed by atoms with Crippen molar-refractivity contribution in [2.75, 3.05) is 7.11 Å². The van der Waals surface area contributed by atoms with Crippen molar-refractivity contribution in [3.63, 3.8) is 0 Å². The quantitative estimate of drug-likeness (QED) is 0.230. The summed E-state index contributed by atoms with van der Waals surface area (Å²) in [5.74, 6) is 2.21. The Morgan fingerprint density at radius 2 is 2.25 bits per heavy atom. The zero-order valence-corrected chi connectivity index (χ0v) is 5.97. The van der Waals surface area contributed by atoms with Crippen LogP contribution in [0, 0.1) is 16.6 Å². The molecule has 0 aromatic heterocycles. The molecule has 0 bridgehead atoms. The summed E-state index contributed by atoms with van der Waals surface area (Å²) < 4.78 is 4.35. The summed E-state index contributed by atoms with van der Waals surface area (Å²) in [6, 6.07) is 0. The molecule has 0 atom stereocenters. The van der Waals surface area contributed by atoms with Crippen molar-refractivity contribution in [3.05, 3.63) is 0 Å². The van der Waals surface area contributed by atoms with Gasteiger partial charge in [-0.2, -0.15) is 0 Å². The van der Waals surface area contributed by atoms with Crippen molar-refractivity contribution in [2.24, 2.45) is 0 Å². The van der Waals surface area contributed by atoms with Crippen molar-refractivity contribution in [1.82, 2.24) is 0 Å². The lowest BCUT2D eigenvalue weighted by molar-refractivity contribution is 0.405. The van der Waals surface area contributed by atoms with Crippen LogP contribution in [0.5, 0.6) is 0 Å². The standard InChI is InChI=1S/C4H5NOS.ClH/c1-6-4(5)2-3-7;/h5,7H,1H3;1H. The Morgan fingerprint density at radius 1 is 1.75 bits per heavy atom. The van der Waals surface area contributed by atoms with Gasteiger partial charge in [-0.25, -0.2) is 0 Å². The minimum Gasteiger partial charge on any atom is -0.475 e. The maximum absolute atomic E-state index is 6.69. The molecular formula is C4H6ClNOS. The van der Waals surface area contributed by atoms with Crippen molar-refractivity contribution in [1.29, 1.82) is 5.41 Å². The number of nitrogens with one attached hydrogen (secondary N) is 1. The molecule has 1 N–H and O–H groups in total. The molecule has 0 aromatic rings. The normalized spacial score (nSPS) is 5.25. The van der Waals surface area contributed by atoms with E-state index >= 15 is 0 Å². The minimum atomic E-state index is -0.0602. The van der Waals surface area contributed by atoms with E-state index in [9.17, 15) is 0 Å². The first-order chi connectivity index (χ1) is 3.31. The second kappa shape index (κ2) is 6.67. The van der Waals surface area contributed by atoms with E-state index in [1.54, 1.807) is 0 Å². The average Bonchev–Trinajstić information content (AvgIpc) is 1.68. The highest BCUT2D eigenvalue weighted by Gasteiger charge is 1.78. The van der Waals surface area contributed by atoms with Crippen molar-refractivity contribution in [3.8, 4) is 11.2 Å². The highest BCUT2D eigenvalue weighted by Crippen LogP contribution is 1.68. The molecule has 0 unspecified atom stereocenters. The molecule has 0 saturated heterocycles. The van der Waals surface area contributed by atoms with Crippen molar-refractivity contribution >= 4 is 30.9 Å². The number of hydrogen-bond donors (Lipinski definition) is 2. The van der Waals surface area contributed by atoms with Gasteiger partial charge in [0.05, 0.1) is 7.11 Å². The summed E-state index contributed by atoms with van der Waals surface area (Å²) in [7, 11) is 1.39. The molecule has 0 spiro atoms. The van der Waals surface area contributed by atoms with Gasteiger partial charge in [0.15, 0.2) is 0 Å². The maximum Gasteiger partial charge on any atom is 0.261 e. The molecule has 8 heavy (non-hydrogen) atoms. The number of hydrogen-bond acceptors (Lipinski definition) is 3. The number of ether oxygens (including phenoxy) is 1. The fourth-order valence-electron chi connectivity index (χ4n) is 0.102. The zero-order chi connectivity index (χ0) is 5.70. The van der Waals surface area contributed by atoms with Crippen LogP contribution in [-0.2, 0) is 4.74 Å².